The van der Waals surface area contributed by atoms with E-state index in [1.807, 2.05) is 31.3 Å². The van der Waals surface area contributed by atoms with Gasteiger partial charge in [-0.1, -0.05) is 15.9 Å². The van der Waals surface area contributed by atoms with E-state index in [2.05, 4.69) is 26.1 Å². The van der Waals surface area contributed by atoms with Crippen molar-refractivity contribution in [2.75, 3.05) is 32.6 Å². The Morgan fingerprint density at radius 1 is 1.44 bits per heavy atom. The normalized spacial score (nSPS) is 23.9. The maximum Gasteiger partial charge on any atom is 0.332 e. The smallest absolute Gasteiger partial charge is 0.332 e. The van der Waals surface area contributed by atoms with Crippen LogP contribution in [0.1, 0.15) is 6.42 Å². The molecule has 1 unspecified atom stereocenters. The van der Waals surface area contributed by atoms with Gasteiger partial charge in [-0.3, -0.25) is 0 Å². The zero-order valence-electron chi connectivity index (χ0n) is 10.6. The van der Waals surface area contributed by atoms with Crippen LogP contribution in [0.3, 0.4) is 0 Å². The Kier molecular flexibility index (Phi) is 3.92. The number of carbonyl (C=O) groups excluding carboxylic acids is 1. The molecule has 1 atom stereocenters. The van der Waals surface area contributed by atoms with E-state index in [1.54, 1.807) is 0 Å². The van der Waals surface area contributed by atoms with E-state index in [-0.39, 0.29) is 5.97 Å². The average Bonchev–Trinajstić information content (AvgIpc) is 2.74. The van der Waals surface area contributed by atoms with Crippen LogP contribution in [0.5, 0.6) is 0 Å². The minimum atomic E-state index is -0.628. The summed E-state index contributed by atoms with van der Waals surface area (Å²) in [5.41, 5.74) is 0.302. The highest BCUT2D eigenvalue weighted by atomic mass is 79.9. The van der Waals surface area contributed by atoms with Crippen LogP contribution in [0.2, 0.25) is 0 Å². The predicted octanol–water partition coefficient (Wildman–Crippen LogP) is 2.11. The van der Waals surface area contributed by atoms with Crippen molar-refractivity contribution in [3.8, 4) is 0 Å². The third-order valence-corrected chi connectivity index (χ3v) is 3.79. The van der Waals surface area contributed by atoms with Gasteiger partial charge in [-0.25, -0.2) is 4.79 Å². The first kappa shape index (κ1) is 13.4. The highest BCUT2D eigenvalue weighted by molar-refractivity contribution is 9.10. The van der Waals surface area contributed by atoms with Gasteiger partial charge >= 0.3 is 5.97 Å². The summed E-state index contributed by atoms with van der Waals surface area (Å²) in [5, 5.41) is 3.33. The Hall–Kier alpha value is -1.07. The van der Waals surface area contributed by atoms with Crippen molar-refractivity contribution in [2.45, 2.75) is 12.0 Å². The molecule has 1 aliphatic rings. The molecule has 1 aliphatic heterocycles. The number of hydrogen-bond acceptors (Lipinski definition) is 4. The number of nitrogens with one attached hydrogen (secondary N) is 1. The van der Waals surface area contributed by atoms with Crippen molar-refractivity contribution in [3.63, 3.8) is 0 Å². The van der Waals surface area contributed by atoms with Crippen LogP contribution in [-0.4, -0.2) is 43.7 Å². The fourth-order valence-electron chi connectivity index (χ4n) is 2.33. The number of halogens is 1. The summed E-state index contributed by atoms with van der Waals surface area (Å²) in [7, 11) is 3.44. The van der Waals surface area contributed by atoms with Crippen molar-refractivity contribution >= 4 is 27.6 Å². The van der Waals surface area contributed by atoms with Gasteiger partial charge in [0, 0.05) is 23.2 Å². The largest absolute Gasteiger partial charge is 0.467 e. The van der Waals surface area contributed by atoms with Crippen LogP contribution in [0.15, 0.2) is 28.7 Å². The lowest BCUT2D eigenvalue weighted by molar-refractivity contribution is -0.145. The molecule has 18 heavy (non-hydrogen) atoms. The summed E-state index contributed by atoms with van der Waals surface area (Å²) in [5.74, 6) is -0.199. The molecule has 0 amide bonds. The molecule has 2 rings (SSSR count). The number of benzene rings is 1. The molecule has 1 aromatic rings. The minimum absolute atomic E-state index is 0.199. The summed E-state index contributed by atoms with van der Waals surface area (Å²) in [6, 6.07) is 7.80. The lowest BCUT2D eigenvalue weighted by Crippen LogP contribution is -2.49. The summed E-state index contributed by atoms with van der Waals surface area (Å²) in [6.07, 6.45) is 0.756. The molecule has 1 fully saturated rings. The van der Waals surface area contributed by atoms with Crippen molar-refractivity contribution in [1.82, 2.24) is 4.90 Å². The van der Waals surface area contributed by atoms with E-state index >= 15 is 0 Å². The number of rotatable bonds is 3. The molecule has 1 saturated heterocycles. The van der Waals surface area contributed by atoms with Crippen LogP contribution in [0.4, 0.5) is 5.69 Å². The number of ether oxygens (including phenoxy) is 1. The van der Waals surface area contributed by atoms with Crippen molar-refractivity contribution in [1.29, 1.82) is 0 Å². The molecule has 1 heterocycles. The molecule has 0 aromatic heterocycles. The topological polar surface area (TPSA) is 41.6 Å². The van der Waals surface area contributed by atoms with Crippen molar-refractivity contribution in [3.05, 3.63) is 28.7 Å². The number of esters is 1. The summed E-state index contributed by atoms with van der Waals surface area (Å²) >= 11 is 3.40. The first-order valence-electron chi connectivity index (χ1n) is 5.86. The Labute approximate surface area is 115 Å². The Morgan fingerprint density at radius 2 is 2.11 bits per heavy atom. The molecule has 0 bridgehead atoms. The molecular formula is C13H17BrN2O2. The Bertz CT molecular complexity index is 435. The van der Waals surface area contributed by atoms with Gasteiger partial charge in [-0.05, 0) is 37.7 Å². The maximum absolute atomic E-state index is 12.0. The molecular weight excluding hydrogens is 296 g/mol. The highest BCUT2D eigenvalue weighted by Crippen LogP contribution is 2.27. The standard InChI is InChI=1S/C13H17BrN2O2/c1-16-8-7-13(9-16,12(17)18-2)15-11-5-3-10(14)4-6-11/h3-6,15H,7-9H2,1-2H3. The molecule has 5 heteroatoms. The number of hydrogen-bond donors (Lipinski definition) is 1. The van der Waals surface area contributed by atoms with Crippen LogP contribution in [0, 0.1) is 0 Å². The van der Waals surface area contributed by atoms with Crippen LogP contribution >= 0.6 is 15.9 Å². The molecule has 4 nitrogen and oxygen atoms in total. The van der Waals surface area contributed by atoms with E-state index in [1.165, 1.54) is 7.11 Å². The fourth-order valence-corrected chi connectivity index (χ4v) is 2.59. The summed E-state index contributed by atoms with van der Waals surface area (Å²) in [6.45, 7) is 1.55. The van der Waals surface area contributed by atoms with Crippen LogP contribution in [-0.2, 0) is 9.53 Å². The molecule has 1 N–H and O–H groups in total. The molecule has 1 aromatic carbocycles. The van der Waals surface area contributed by atoms with Gasteiger partial charge in [-0.15, -0.1) is 0 Å². The number of likely N-dealkylation sites (N-methyl/N-ethyl adjacent to an activating group) is 1. The lowest BCUT2D eigenvalue weighted by Gasteiger charge is -2.28. The fraction of sp³-hybridized carbons (Fsp3) is 0.462. The lowest BCUT2D eigenvalue weighted by atomic mass is 9.98. The SMILES string of the molecule is COC(=O)C1(Nc2ccc(Br)cc2)CCN(C)C1. The quantitative estimate of drug-likeness (QED) is 0.868. The third-order valence-electron chi connectivity index (χ3n) is 3.26. The second kappa shape index (κ2) is 5.28. The molecule has 0 radical (unpaired) electrons. The minimum Gasteiger partial charge on any atom is -0.467 e. The number of anilines is 1. The number of nitrogens with zero attached hydrogens (tertiary/aromatic N) is 1. The zero-order chi connectivity index (χ0) is 13.2. The third kappa shape index (κ3) is 2.67. The van der Waals surface area contributed by atoms with E-state index in [0.29, 0.717) is 6.54 Å². The number of methoxy groups -OCH3 is 1. The molecule has 98 valence electrons. The summed E-state index contributed by atoms with van der Waals surface area (Å²) in [4.78, 5) is 14.2. The van der Waals surface area contributed by atoms with Crippen LogP contribution < -0.4 is 5.32 Å². The molecule has 0 aliphatic carbocycles. The first-order valence-corrected chi connectivity index (χ1v) is 6.66. The van der Waals surface area contributed by atoms with Crippen molar-refractivity contribution in [2.24, 2.45) is 0 Å². The molecule has 0 spiro atoms. The zero-order valence-corrected chi connectivity index (χ0v) is 12.2. The van der Waals surface area contributed by atoms with E-state index in [0.717, 1.165) is 23.1 Å². The van der Waals surface area contributed by atoms with E-state index < -0.39 is 5.54 Å². The molecule has 0 saturated carbocycles. The van der Waals surface area contributed by atoms with Gasteiger partial charge in [0.15, 0.2) is 0 Å². The Morgan fingerprint density at radius 3 is 2.61 bits per heavy atom. The van der Waals surface area contributed by atoms with Gasteiger partial charge in [0.1, 0.15) is 5.54 Å². The highest BCUT2D eigenvalue weighted by Gasteiger charge is 2.44. The maximum atomic E-state index is 12.0. The van der Waals surface area contributed by atoms with Crippen LogP contribution in [0.25, 0.3) is 0 Å². The van der Waals surface area contributed by atoms with Gasteiger partial charge in [-0.2, -0.15) is 0 Å². The Balaban J connectivity index is 2.20. The van der Waals surface area contributed by atoms with E-state index in [9.17, 15) is 4.79 Å². The monoisotopic (exact) mass is 312 g/mol. The predicted molar refractivity (Wildman–Crippen MR) is 74.6 cm³/mol. The second-order valence-electron chi connectivity index (χ2n) is 4.69. The van der Waals surface area contributed by atoms with Crippen molar-refractivity contribution < 1.29 is 9.53 Å². The van der Waals surface area contributed by atoms with E-state index in [4.69, 9.17) is 4.74 Å². The number of carbonyl (C=O) groups is 1. The first-order chi connectivity index (χ1) is 8.55. The second-order valence-corrected chi connectivity index (χ2v) is 5.61. The van der Waals surface area contributed by atoms with Gasteiger partial charge in [0.2, 0.25) is 0 Å². The van der Waals surface area contributed by atoms with Gasteiger partial charge in [0.05, 0.1) is 7.11 Å². The average molecular weight is 313 g/mol. The summed E-state index contributed by atoms with van der Waals surface area (Å²) < 4.78 is 5.96. The number of likely N-dealkylation sites (tertiary alicyclic amines) is 1. The van der Waals surface area contributed by atoms with Gasteiger partial charge < -0.3 is 15.0 Å². The van der Waals surface area contributed by atoms with Gasteiger partial charge in [0.25, 0.3) is 0 Å².